The molecule has 0 atom stereocenters. The molecule has 1 aromatic carbocycles. The van der Waals surface area contributed by atoms with Crippen molar-refractivity contribution in [2.24, 2.45) is 0 Å². The average molecular weight is 215 g/mol. The molecule has 0 spiro atoms. The van der Waals surface area contributed by atoms with Crippen molar-refractivity contribution >= 4 is 5.69 Å². The van der Waals surface area contributed by atoms with Gasteiger partial charge in [0.25, 0.3) is 0 Å². The van der Waals surface area contributed by atoms with Crippen molar-refractivity contribution in [3.8, 4) is 0 Å². The minimum absolute atomic E-state index is 0.815. The van der Waals surface area contributed by atoms with Gasteiger partial charge < -0.3 is 16.0 Å². The minimum Gasteiger partial charge on any atom is -0.399 e. The number of nitrogen functional groups attached to an aromatic ring is 1. The highest BCUT2D eigenvalue weighted by molar-refractivity contribution is 5.39. The molecule has 84 valence electrons. The lowest BCUT2D eigenvalue weighted by Gasteiger charge is -2.04. The van der Waals surface area contributed by atoms with E-state index in [0.717, 1.165) is 25.2 Å². The van der Waals surface area contributed by atoms with Gasteiger partial charge in [-0.1, -0.05) is 12.1 Å². The van der Waals surface area contributed by atoms with E-state index < -0.39 is 0 Å². The first-order valence-electron chi connectivity index (χ1n) is 5.52. The van der Waals surface area contributed by atoms with Crippen LogP contribution in [0.5, 0.6) is 0 Å². The molecule has 3 heteroatoms. The molecule has 1 heterocycles. The van der Waals surface area contributed by atoms with E-state index in [9.17, 15) is 0 Å². The Labute approximate surface area is 95.7 Å². The van der Waals surface area contributed by atoms with Crippen LogP contribution < -0.4 is 11.1 Å². The lowest BCUT2D eigenvalue weighted by Crippen LogP contribution is -2.16. The molecule has 0 saturated heterocycles. The molecule has 0 radical (unpaired) electrons. The van der Waals surface area contributed by atoms with Crippen LogP contribution in [0.25, 0.3) is 0 Å². The molecule has 4 N–H and O–H groups in total. The number of aromatic amines is 1. The number of rotatable bonds is 5. The van der Waals surface area contributed by atoms with Crippen molar-refractivity contribution in [3.05, 3.63) is 53.9 Å². The third-order valence-corrected chi connectivity index (χ3v) is 2.54. The van der Waals surface area contributed by atoms with E-state index in [0.29, 0.717) is 0 Å². The van der Waals surface area contributed by atoms with E-state index in [1.807, 2.05) is 24.4 Å². The highest BCUT2D eigenvalue weighted by Crippen LogP contribution is 2.04. The maximum atomic E-state index is 5.62. The molecule has 0 aliphatic rings. The Balaban J connectivity index is 1.70. The Kier molecular flexibility index (Phi) is 3.62. The number of hydrogen-bond acceptors (Lipinski definition) is 2. The largest absolute Gasteiger partial charge is 0.399 e. The Bertz CT molecular complexity index is 403. The maximum Gasteiger partial charge on any atom is 0.0314 e. The van der Waals surface area contributed by atoms with Gasteiger partial charge in [-0.05, 0) is 36.2 Å². The number of hydrogen-bond donors (Lipinski definition) is 3. The molecule has 0 aliphatic heterocycles. The second-order valence-electron chi connectivity index (χ2n) is 3.86. The van der Waals surface area contributed by atoms with Crippen LogP contribution in [0, 0.1) is 0 Å². The van der Waals surface area contributed by atoms with Gasteiger partial charge in [0.1, 0.15) is 0 Å². The molecule has 2 rings (SSSR count). The molecule has 0 amide bonds. The Morgan fingerprint density at radius 3 is 2.62 bits per heavy atom. The van der Waals surface area contributed by atoms with E-state index in [-0.39, 0.29) is 0 Å². The Morgan fingerprint density at radius 1 is 1.12 bits per heavy atom. The SMILES string of the molecule is Nc1ccc(CNCCc2ccc[nH]2)cc1. The third kappa shape index (κ3) is 3.14. The van der Waals surface area contributed by atoms with Gasteiger partial charge in [-0.15, -0.1) is 0 Å². The molecule has 0 saturated carbocycles. The Morgan fingerprint density at radius 2 is 1.94 bits per heavy atom. The summed E-state index contributed by atoms with van der Waals surface area (Å²) in [5, 5.41) is 3.40. The zero-order chi connectivity index (χ0) is 11.2. The highest BCUT2D eigenvalue weighted by atomic mass is 14.9. The fraction of sp³-hybridized carbons (Fsp3) is 0.231. The molecule has 3 nitrogen and oxygen atoms in total. The molecule has 0 fully saturated rings. The summed E-state index contributed by atoms with van der Waals surface area (Å²) >= 11 is 0. The summed E-state index contributed by atoms with van der Waals surface area (Å²) in [6.07, 6.45) is 2.98. The van der Waals surface area contributed by atoms with Crippen LogP contribution in [0.3, 0.4) is 0 Å². The van der Waals surface area contributed by atoms with Crippen molar-refractivity contribution in [2.45, 2.75) is 13.0 Å². The summed E-state index contributed by atoms with van der Waals surface area (Å²) in [5.41, 5.74) is 8.97. The van der Waals surface area contributed by atoms with E-state index in [1.165, 1.54) is 11.3 Å². The number of anilines is 1. The van der Waals surface area contributed by atoms with Gasteiger partial charge in [0, 0.05) is 30.7 Å². The maximum absolute atomic E-state index is 5.62. The number of aromatic nitrogens is 1. The van der Waals surface area contributed by atoms with E-state index in [4.69, 9.17) is 5.73 Å². The molecular weight excluding hydrogens is 198 g/mol. The zero-order valence-corrected chi connectivity index (χ0v) is 9.24. The van der Waals surface area contributed by atoms with Gasteiger partial charge in [0.15, 0.2) is 0 Å². The van der Waals surface area contributed by atoms with Crippen LogP contribution >= 0.6 is 0 Å². The summed E-state index contributed by atoms with van der Waals surface area (Å²) in [6, 6.07) is 12.1. The van der Waals surface area contributed by atoms with E-state index in [2.05, 4.69) is 28.5 Å². The molecule has 0 bridgehead atoms. The number of nitrogens with one attached hydrogen (secondary N) is 2. The van der Waals surface area contributed by atoms with Crippen molar-refractivity contribution in [1.82, 2.24) is 10.3 Å². The minimum atomic E-state index is 0.815. The first kappa shape index (κ1) is 10.8. The van der Waals surface area contributed by atoms with Gasteiger partial charge in [0.05, 0.1) is 0 Å². The lowest BCUT2D eigenvalue weighted by molar-refractivity contribution is 0.681. The molecular formula is C13H17N3. The van der Waals surface area contributed by atoms with Gasteiger partial charge in [-0.2, -0.15) is 0 Å². The van der Waals surface area contributed by atoms with Gasteiger partial charge >= 0.3 is 0 Å². The molecule has 0 unspecified atom stereocenters. The average Bonchev–Trinajstić information content (AvgIpc) is 2.80. The predicted octanol–water partition coefficient (Wildman–Crippen LogP) is 1.93. The molecule has 16 heavy (non-hydrogen) atoms. The van der Waals surface area contributed by atoms with Crippen LogP contribution in [0.1, 0.15) is 11.3 Å². The fourth-order valence-corrected chi connectivity index (χ4v) is 1.61. The van der Waals surface area contributed by atoms with Crippen LogP contribution in [-0.4, -0.2) is 11.5 Å². The van der Waals surface area contributed by atoms with Crippen LogP contribution in [-0.2, 0) is 13.0 Å². The number of H-pyrrole nitrogens is 1. The van der Waals surface area contributed by atoms with E-state index >= 15 is 0 Å². The van der Waals surface area contributed by atoms with Gasteiger partial charge in [-0.3, -0.25) is 0 Å². The molecule has 1 aromatic heterocycles. The summed E-state index contributed by atoms with van der Waals surface area (Å²) in [5.74, 6) is 0. The smallest absolute Gasteiger partial charge is 0.0314 e. The summed E-state index contributed by atoms with van der Waals surface area (Å²) in [6.45, 7) is 1.87. The summed E-state index contributed by atoms with van der Waals surface area (Å²) in [4.78, 5) is 3.19. The Hall–Kier alpha value is -1.74. The molecule has 2 aromatic rings. The van der Waals surface area contributed by atoms with Gasteiger partial charge in [0.2, 0.25) is 0 Å². The monoisotopic (exact) mass is 215 g/mol. The second-order valence-corrected chi connectivity index (χ2v) is 3.86. The summed E-state index contributed by atoms with van der Waals surface area (Å²) in [7, 11) is 0. The third-order valence-electron chi connectivity index (χ3n) is 2.54. The zero-order valence-electron chi connectivity index (χ0n) is 9.24. The standard InChI is InChI=1S/C13H17N3/c14-12-5-3-11(4-6-12)10-15-9-7-13-2-1-8-16-13/h1-6,8,15-16H,7,9-10,14H2. The quantitative estimate of drug-likeness (QED) is 0.527. The number of nitrogens with two attached hydrogens (primary N) is 1. The van der Waals surface area contributed by atoms with E-state index in [1.54, 1.807) is 0 Å². The van der Waals surface area contributed by atoms with Crippen molar-refractivity contribution < 1.29 is 0 Å². The number of benzene rings is 1. The van der Waals surface area contributed by atoms with Crippen LogP contribution in [0.4, 0.5) is 5.69 Å². The normalized spacial score (nSPS) is 10.5. The van der Waals surface area contributed by atoms with Crippen LogP contribution in [0.15, 0.2) is 42.6 Å². The van der Waals surface area contributed by atoms with Crippen molar-refractivity contribution in [2.75, 3.05) is 12.3 Å². The predicted molar refractivity (Wildman–Crippen MR) is 67.1 cm³/mol. The van der Waals surface area contributed by atoms with Crippen LogP contribution in [0.2, 0.25) is 0 Å². The van der Waals surface area contributed by atoms with Crippen molar-refractivity contribution in [3.63, 3.8) is 0 Å². The van der Waals surface area contributed by atoms with Gasteiger partial charge in [-0.25, -0.2) is 0 Å². The molecule has 0 aliphatic carbocycles. The summed E-state index contributed by atoms with van der Waals surface area (Å²) < 4.78 is 0. The fourth-order valence-electron chi connectivity index (χ4n) is 1.61. The highest BCUT2D eigenvalue weighted by Gasteiger charge is 1.94. The first-order chi connectivity index (χ1) is 7.84. The topological polar surface area (TPSA) is 53.8 Å². The first-order valence-corrected chi connectivity index (χ1v) is 5.52. The lowest BCUT2D eigenvalue weighted by atomic mass is 10.2. The second kappa shape index (κ2) is 5.37. The van der Waals surface area contributed by atoms with Crippen molar-refractivity contribution in [1.29, 1.82) is 0 Å².